The van der Waals surface area contributed by atoms with Crippen LogP contribution in [-0.2, 0) is 0 Å². The Kier molecular flexibility index (Phi) is 8.85. The van der Waals surface area contributed by atoms with E-state index in [4.69, 9.17) is 15.0 Å². The molecule has 2 aromatic heterocycles. The van der Waals surface area contributed by atoms with Crippen molar-refractivity contribution < 1.29 is 0 Å². The van der Waals surface area contributed by atoms with Crippen molar-refractivity contribution in [3.63, 3.8) is 0 Å². The molecule has 13 rings (SSSR count). The van der Waals surface area contributed by atoms with Gasteiger partial charge in [0.2, 0.25) is 0 Å². The van der Waals surface area contributed by atoms with Crippen LogP contribution in [0, 0.1) is 0 Å². The molecule has 0 aliphatic carbocycles. The van der Waals surface area contributed by atoms with E-state index < -0.39 is 0 Å². The van der Waals surface area contributed by atoms with Crippen molar-refractivity contribution in [1.29, 1.82) is 0 Å². The predicted octanol–water partition coefficient (Wildman–Crippen LogP) is 16.8. The van der Waals surface area contributed by atoms with Crippen LogP contribution in [0.1, 0.15) is 0 Å². The lowest BCUT2D eigenvalue weighted by Crippen LogP contribution is -1.96. The monoisotopic (exact) mass is 837 g/mol. The van der Waals surface area contributed by atoms with Crippen molar-refractivity contribution in [2.45, 2.75) is 0 Å². The standard InChI is InChI=1S/C63H39N3/c1-4-15-45-35-50(31-26-40(45)12-1)60-39-59(65-63(66-60)52-33-28-42-14-3-6-17-47(42)37-52)44-29-24-43(25-30-44)48-18-11-19-49(34-48)56-38-57-61(54-21-8-7-20-53(54)56)55-22-9-10-23-58(55)64-62(57)51-32-27-41-13-2-5-16-46(41)36-51/h1-39H. The lowest BCUT2D eigenvalue weighted by molar-refractivity contribution is 1.18. The number of nitrogens with zero attached hydrogens (tertiary/aromatic N) is 3. The normalized spacial score (nSPS) is 11.6. The Morgan fingerprint density at radius 2 is 0.742 bits per heavy atom. The van der Waals surface area contributed by atoms with Crippen LogP contribution in [0.2, 0.25) is 0 Å². The number of rotatable bonds is 6. The Morgan fingerprint density at radius 3 is 1.44 bits per heavy atom. The number of benzene rings is 11. The summed E-state index contributed by atoms with van der Waals surface area (Å²) in [4.78, 5) is 15.8. The predicted molar refractivity (Wildman–Crippen MR) is 277 cm³/mol. The fourth-order valence-electron chi connectivity index (χ4n) is 9.86. The largest absolute Gasteiger partial charge is 0.247 e. The van der Waals surface area contributed by atoms with Crippen molar-refractivity contribution in [1.82, 2.24) is 15.0 Å². The van der Waals surface area contributed by atoms with E-state index in [0.717, 1.165) is 77.7 Å². The van der Waals surface area contributed by atoms with Gasteiger partial charge in [0.15, 0.2) is 5.82 Å². The summed E-state index contributed by atoms with van der Waals surface area (Å²) >= 11 is 0. The summed E-state index contributed by atoms with van der Waals surface area (Å²) in [5.41, 5.74) is 12.5. The molecule has 0 N–H and O–H groups in total. The van der Waals surface area contributed by atoms with Crippen LogP contribution < -0.4 is 0 Å². The summed E-state index contributed by atoms with van der Waals surface area (Å²) in [5.74, 6) is 0.702. The van der Waals surface area contributed by atoms with Gasteiger partial charge in [-0.3, -0.25) is 0 Å². The zero-order valence-electron chi connectivity index (χ0n) is 35.9. The van der Waals surface area contributed by atoms with Gasteiger partial charge in [0.05, 0.1) is 22.6 Å². The average Bonchev–Trinajstić information content (AvgIpc) is 3.39. The van der Waals surface area contributed by atoms with Crippen molar-refractivity contribution in [2.75, 3.05) is 0 Å². The first kappa shape index (κ1) is 37.7. The summed E-state index contributed by atoms with van der Waals surface area (Å²) in [6, 6.07) is 84.8. The maximum atomic E-state index is 5.38. The number of fused-ring (bicyclic) bond motifs is 8. The molecule has 0 saturated heterocycles. The first-order chi connectivity index (χ1) is 32.7. The van der Waals surface area contributed by atoms with Crippen molar-refractivity contribution in [3.05, 3.63) is 237 Å². The highest BCUT2D eigenvalue weighted by Gasteiger charge is 2.18. The fourth-order valence-corrected chi connectivity index (χ4v) is 9.86. The van der Waals surface area contributed by atoms with Gasteiger partial charge in [0, 0.05) is 38.4 Å². The Balaban J connectivity index is 0.923. The third-order valence-electron chi connectivity index (χ3n) is 13.2. The molecule has 0 radical (unpaired) electrons. The minimum absolute atomic E-state index is 0.702. The summed E-state index contributed by atoms with van der Waals surface area (Å²) in [7, 11) is 0. The minimum atomic E-state index is 0.702. The van der Waals surface area contributed by atoms with Gasteiger partial charge < -0.3 is 0 Å². The number of para-hydroxylation sites is 1. The minimum Gasteiger partial charge on any atom is -0.247 e. The molecule has 0 bridgehead atoms. The SMILES string of the molecule is c1cc(-c2ccc(-c3cc(-c4ccc5ccccc5c4)nc(-c4ccc5ccccc5c4)n3)cc2)cc(-c2cc3c(-c4ccc5ccccc5c4)nc4ccccc4c3c3ccccc23)c1. The second-order valence-corrected chi connectivity index (χ2v) is 17.2. The number of pyridine rings is 1. The maximum absolute atomic E-state index is 5.38. The van der Waals surface area contributed by atoms with Crippen LogP contribution in [0.5, 0.6) is 0 Å². The second-order valence-electron chi connectivity index (χ2n) is 17.2. The van der Waals surface area contributed by atoms with Crippen LogP contribution in [0.4, 0.5) is 0 Å². The van der Waals surface area contributed by atoms with Gasteiger partial charge in [-0.1, -0.05) is 194 Å². The third kappa shape index (κ3) is 6.56. The summed E-state index contributed by atoms with van der Waals surface area (Å²) < 4.78 is 0. The van der Waals surface area contributed by atoms with Crippen LogP contribution in [-0.4, -0.2) is 15.0 Å². The van der Waals surface area contributed by atoms with Crippen LogP contribution in [0.25, 0.3) is 132 Å². The maximum Gasteiger partial charge on any atom is 0.160 e. The van der Waals surface area contributed by atoms with E-state index >= 15 is 0 Å². The highest BCUT2D eigenvalue weighted by atomic mass is 14.9. The Morgan fingerprint density at radius 1 is 0.242 bits per heavy atom. The highest BCUT2D eigenvalue weighted by Crippen LogP contribution is 2.43. The fraction of sp³-hybridized carbons (Fsp3) is 0. The number of hydrogen-bond donors (Lipinski definition) is 0. The molecular weight excluding hydrogens is 799 g/mol. The number of aromatic nitrogens is 3. The molecule has 0 atom stereocenters. The summed E-state index contributed by atoms with van der Waals surface area (Å²) in [6.07, 6.45) is 0. The van der Waals surface area contributed by atoms with E-state index in [1.54, 1.807) is 0 Å². The van der Waals surface area contributed by atoms with E-state index in [2.05, 4.69) is 237 Å². The van der Waals surface area contributed by atoms with Gasteiger partial charge in [-0.25, -0.2) is 15.0 Å². The smallest absolute Gasteiger partial charge is 0.160 e. The number of hydrogen-bond acceptors (Lipinski definition) is 3. The first-order valence-electron chi connectivity index (χ1n) is 22.5. The highest BCUT2D eigenvalue weighted by molar-refractivity contribution is 6.25. The summed E-state index contributed by atoms with van der Waals surface area (Å²) in [6.45, 7) is 0. The molecule has 3 nitrogen and oxygen atoms in total. The lowest BCUT2D eigenvalue weighted by atomic mass is 9.89. The van der Waals surface area contributed by atoms with Crippen LogP contribution in [0.15, 0.2) is 237 Å². The van der Waals surface area contributed by atoms with E-state index in [0.29, 0.717) is 5.82 Å². The van der Waals surface area contributed by atoms with Gasteiger partial charge in [-0.2, -0.15) is 0 Å². The van der Waals surface area contributed by atoms with Gasteiger partial charge in [-0.15, -0.1) is 0 Å². The van der Waals surface area contributed by atoms with E-state index in [1.807, 2.05) is 0 Å². The van der Waals surface area contributed by atoms with Gasteiger partial charge in [0.1, 0.15) is 0 Å². The molecular formula is C63H39N3. The summed E-state index contributed by atoms with van der Waals surface area (Å²) in [5, 5.41) is 13.1. The topological polar surface area (TPSA) is 38.7 Å². The van der Waals surface area contributed by atoms with E-state index in [-0.39, 0.29) is 0 Å². The molecule has 306 valence electrons. The quantitative estimate of drug-likeness (QED) is 0.157. The van der Waals surface area contributed by atoms with E-state index in [1.165, 1.54) is 48.7 Å². The molecule has 0 aliphatic heterocycles. The van der Waals surface area contributed by atoms with Crippen LogP contribution >= 0.6 is 0 Å². The molecule has 0 saturated carbocycles. The average molecular weight is 838 g/mol. The third-order valence-corrected chi connectivity index (χ3v) is 13.2. The lowest BCUT2D eigenvalue weighted by Gasteiger charge is -2.17. The Hall–Kier alpha value is -8.79. The molecule has 11 aromatic carbocycles. The molecule has 0 aliphatic rings. The molecule has 0 amide bonds. The molecule has 2 heterocycles. The van der Waals surface area contributed by atoms with E-state index in [9.17, 15) is 0 Å². The zero-order chi connectivity index (χ0) is 43.6. The molecule has 13 aromatic rings. The Labute approximate surface area is 382 Å². The van der Waals surface area contributed by atoms with Crippen LogP contribution in [0.3, 0.4) is 0 Å². The van der Waals surface area contributed by atoms with Gasteiger partial charge in [-0.05, 0) is 108 Å². The van der Waals surface area contributed by atoms with Gasteiger partial charge in [0.25, 0.3) is 0 Å². The van der Waals surface area contributed by atoms with Crippen molar-refractivity contribution >= 4 is 64.8 Å². The molecule has 0 unspecified atom stereocenters. The molecule has 66 heavy (non-hydrogen) atoms. The molecule has 0 spiro atoms. The second kappa shape index (κ2) is 15.5. The zero-order valence-corrected chi connectivity index (χ0v) is 35.9. The van der Waals surface area contributed by atoms with Gasteiger partial charge >= 0.3 is 0 Å². The first-order valence-corrected chi connectivity index (χ1v) is 22.5. The van der Waals surface area contributed by atoms with Crippen molar-refractivity contribution in [3.8, 4) is 67.4 Å². The molecule has 3 heteroatoms. The molecule has 0 fully saturated rings. The van der Waals surface area contributed by atoms with Crippen molar-refractivity contribution in [2.24, 2.45) is 0 Å². The Bertz CT molecular complexity index is 3960.